The number of hydrogen-bond acceptors (Lipinski definition) is 7. The fraction of sp³-hybridized carbons (Fsp3) is 0.286. The molecular formula is C42H44N4O4. The Morgan fingerprint density at radius 3 is 2.22 bits per heavy atom. The lowest BCUT2D eigenvalue weighted by Crippen LogP contribution is -2.49. The van der Waals surface area contributed by atoms with Crippen molar-refractivity contribution in [3.8, 4) is 11.1 Å². The number of benzene rings is 4. The van der Waals surface area contributed by atoms with Crippen molar-refractivity contribution in [1.82, 2.24) is 20.1 Å². The van der Waals surface area contributed by atoms with Gasteiger partial charge in [-0.2, -0.15) is 0 Å². The van der Waals surface area contributed by atoms with E-state index in [-0.39, 0.29) is 24.7 Å². The topological polar surface area (TPSA) is 87.2 Å². The summed E-state index contributed by atoms with van der Waals surface area (Å²) in [6.07, 6.45) is 3.34. The minimum atomic E-state index is -0.515. The molecule has 2 saturated heterocycles. The van der Waals surface area contributed by atoms with E-state index in [1.165, 1.54) is 5.56 Å². The molecule has 0 spiro atoms. The summed E-state index contributed by atoms with van der Waals surface area (Å²) in [5.74, 6) is -0.154. The predicted octanol–water partition coefficient (Wildman–Crippen LogP) is 6.53. The number of rotatable bonds is 11. The number of piperazine rings is 1. The fourth-order valence-corrected chi connectivity index (χ4v) is 6.84. The van der Waals surface area contributed by atoms with Gasteiger partial charge >= 0.3 is 0 Å². The molecule has 2 aliphatic rings. The number of hydrogen-bond donors (Lipinski definition) is 2. The number of nitrogens with zero attached hydrogens (tertiary/aromatic N) is 3. The lowest BCUT2D eigenvalue weighted by Gasteiger charge is -2.40. The first-order valence-corrected chi connectivity index (χ1v) is 17.5. The average molecular weight is 669 g/mol. The molecule has 4 aromatic carbocycles. The lowest BCUT2D eigenvalue weighted by atomic mass is 9.97. The largest absolute Gasteiger partial charge is 0.392 e. The number of nitrogens with one attached hydrogen (secondary N) is 1. The highest BCUT2D eigenvalue weighted by molar-refractivity contribution is 5.93. The van der Waals surface area contributed by atoms with Crippen LogP contribution in [-0.2, 0) is 29.2 Å². The zero-order chi connectivity index (χ0) is 34.1. The van der Waals surface area contributed by atoms with E-state index < -0.39 is 6.29 Å². The Hall–Kier alpha value is -4.70. The second-order valence-corrected chi connectivity index (χ2v) is 13.1. The van der Waals surface area contributed by atoms with Crippen LogP contribution < -0.4 is 5.32 Å². The molecule has 0 radical (unpaired) electrons. The highest BCUT2D eigenvalue weighted by Crippen LogP contribution is 2.39. The van der Waals surface area contributed by atoms with E-state index in [1.807, 2.05) is 30.3 Å². The third-order valence-electron chi connectivity index (χ3n) is 9.67. The van der Waals surface area contributed by atoms with E-state index in [0.717, 1.165) is 79.1 Å². The molecular weight excluding hydrogens is 624 g/mol. The summed E-state index contributed by atoms with van der Waals surface area (Å²) >= 11 is 0. The summed E-state index contributed by atoms with van der Waals surface area (Å²) in [4.78, 5) is 21.8. The van der Waals surface area contributed by atoms with Crippen molar-refractivity contribution in [2.75, 3.05) is 32.7 Å². The third kappa shape index (κ3) is 8.53. The highest BCUT2D eigenvalue weighted by atomic mass is 16.7. The number of pyridine rings is 1. The normalized spacial score (nSPS) is 20.0. The van der Waals surface area contributed by atoms with Crippen LogP contribution in [0.25, 0.3) is 11.1 Å². The van der Waals surface area contributed by atoms with Crippen LogP contribution in [0, 0.1) is 0 Å². The van der Waals surface area contributed by atoms with E-state index >= 15 is 0 Å². The molecule has 7 rings (SSSR count). The molecule has 8 nitrogen and oxygen atoms in total. The Bertz CT molecular complexity index is 1810. The van der Waals surface area contributed by atoms with Crippen LogP contribution in [0.4, 0.5) is 0 Å². The second kappa shape index (κ2) is 16.3. The Morgan fingerprint density at radius 1 is 0.760 bits per heavy atom. The van der Waals surface area contributed by atoms with Crippen LogP contribution in [0.15, 0.2) is 128 Å². The molecule has 2 aliphatic heterocycles. The first kappa shape index (κ1) is 33.8. The Balaban J connectivity index is 1.03. The SMILES string of the molecule is O=C(NCc1ccccc1-c1ccc([C@H]2O[C@@H](CN3CCN(Cc4ccccc4)CC3)C[C@@H](c3ccc(CO)cc3)O2)cc1)c1cccnc1. The number of ether oxygens (including phenoxy) is 2. The zero-order valence-corrected chi connectivity index (χ0v) is 28.2. The van der Waals surface area contributed by atoms with Crippen molar-refractivity contribution in [2.45, 2.75) is 44.6 Å². The van der Waals surface area contributed by atoms with E-state index in [0.29, 0.717) is 12.1 Å². The van der Waals surface area contributed by atoms with E-state index in [9.17, 15) is 9.90 Å². The first-order chi connectivity index (χ1) is 24.6. The summed E-state index contributed by atoms with van der Waals surface area (Å²) in [6.45, 7) is 6.32. The van der Waals surface area contributed by atoms with E-state index in [1.54, 1.807) is 24.5 Å². The summed E-state index contributed by atoms with van der Waals surface area (Å²) < 4.78 is 13.3. The van der Waals surface area contributed by atoms with Gasteiger partial charge in [0.25, 0.3) is 5.91 Å². The van der Waals surface area contributed by atoms with E-state index in [2.05, 4.69) is 92.9 Å². The average Bonchev–Trinajstić information content (AvgIpc) is 3.18. The molecule has 0 aliphatic carbocycles. The minimum Gasteiger partial charge on any atom is -0.392 e. The maximum Gasteiger partial charge on any atom is 0.253 e. The van der Waals surface area contributed by atoms with Crippen molar-refractivity contribution in [3.63, 3.8) is 0 Å². The monoisotopic (exact) mass is 668 g/mol. The smallest absolute Gasteiger partial charge is 0.253 e. The maximum atomic E-state index is 12.7. The molecule has 256 valence electrons. The van der Waals surface area contributed by atoms with Crippen LogP contribution >= 0.6 is 0 Å². The van der Waals surface area contributed by atoms with Crippen molar-refractivity contribution in [1.29, 1.82) is 0 Å². The van der Waals surface area contributed by atoms with Crippen molar-refractivity contribution in [2.24, 2.45) is 0 Å². The maximum absolute atomic E-state index is 12.7. The van der Waals surface area contributed by atoms with Gasteiger partial charge in [0, 0.05) is 70.2 Å². The second-order valence-electron chi connectivity index (χ2n) is 13.1. The summed E-state index contributed by atoms with van der Waals surface area (Å²) in [7, 11) is 0. The quantitative estimate of drug-likeness (QED) is 0.166. The predicted molar refractivity (Wildman–Crippen MR) is 194 cm³/mol. The lowest BCUT2D eigenvalue weighted by molar-refractivity contribution is -0.253. The van der Waals surface area contributed by atoms with Gasteiger partial charge in [0.05, 0.1) is 24.4 Å². The minimum absolute atomic E-state index is 0.000713. The standard InChI is InChI=1S/C42H44N4O4/c47-30-32-12-14-34(15-13-32)40-25-38(29-46-23-21-45(22-24-46)28-31-7-2-1-3-8-31)49-42(50-40)35-18-16-33(17-19-35)39-11-5-4-9-36(39)27-44-41(48)37-10-6-20-43-26-37/h1-20,26,38,40,42,47H,21-25,27-30H2,(H,44,48)/t38-,40+,42+/m1/s1. The molecule has 8 heteroatoms. The number of carbonyl (C=O) groups excluding carboxylic acids is 1. The fourth-order valence-electron chi connectivity index (χ4n) is 6.84. The van der Waals surface area contributed by atoms with Crippen LogP contribution in [-0.4, -0.2) is 64.6 Å². The molecule has 0 saturated carbocycles. The van der Waals surface area contributed by atoms with Crippen LogP contribution in [0.5, 0.6) is 0 Å². The number of aliphatic hydroxyl groups excluding tert-OH is 1. The molecule has 2 fully saturated rings. The molecule has 3 heterocycles. The van der Waals surface area contributed by atoms with Crippen LogP contribution in [0.1, 0.15) is 57.0 Å². The first-order valence-electron chi connectivity index (χ1n) is 17.5. The van der Waals surface area contributed by atoms with Gasteiger partial charge in [0.15, 0.2) is 6.29 Å². The van der Waals surface area contributed by atoms with Gasteiger partial charge in [-0.3, -0.25) is 19.6 Å². The summed E-state index contributed by atoms with van der Waals surface area (Å²) in [5.41, 5.74) is 7.96. The van der Waals surface area contributed by atoms with Gasteiger partial charge in [-0.25, -0.2) is 0 Å². The van der Waals surface area contributed by atoms with Crippen molar-refractivity contribution < 1.29 is 19.4 Å². The van der Waals surface area contributed by atoms with Crippen LogP contribution in [0.2, 0.25) is 0 Å². The van der Waals surface area contributed by atoms with E-state index in [4.69, 9.17) is 9.47 Å². The number of aromatic nitrogens is 1. The van der Waals surface area contributed by atoms with Crippen LogP contribution in [0.3, 0.4) is 0 Å². The van der Waals surface area contributed by atoms with Gasteiger partial charge < -0.3 is 19.9 Å². The molecule has 50 heavy (non-hydrogen) atoms. The van der Waals surface area contributed by atoms with Crippen molar-refractivity contribution in [3.05, 3.63) is 161 Å². The summed E-state index contributed by atoms with van der Waals surface area (Å²) in [5, 5.41) is 12.6. The molecule has 2 N–H and O–H groups in total. The summed E-state index contributed by atoms with van der Waals surface area (Å²) in [6, 6.07) is 38.8. The van der Waals surface area contributed by atoms with Gasteiger partial charge in [0.2, 0.25) is 0 Å². The van der Waals surface area contributed by atoms with Gasteiger partial charge in [-0.05, 0) is 45.5 Å². The third-order valence-corrected chi connectivity index (χ3v) is 9.67. The molecule has 1 amide bonds. The number of carbonyl (C=O) groups is 1. The van der Waals surface area contributed by atoms with Gasteiger partial charge in [-0.1, -0.05) is 103 Å². The molecule has 0 unspecified atom stereocenters. The van der Waals surface area contributed by atoms with Crippen molar-refractivity contribution >= 4 is 5.91 Å². The molecule has 5 aromatic rings. The van der Waals surface area contributed by atoms with Gasteiger partial charge in [-0.15, -0.1) is 0 Å². The number of aliphatic hydroxyl groups is 1. The molecule has 3 atom stereocenters. The zero-order valence-electron chi connectivity index (χ0n) is 28.2. The Kier molecular flexibility index (Phi) is 11.0. The Labute approximate surface area is 294 Å². The number of amides is 1. The van der Waals surface area contributed by atoms with Gasteiger partial charge in [0.1, 0.15) is 0 Å². The molecule has 0 bridgehead atoms. The Morgan fingerprint density at radius 2 is 1.48 bits per heavy atom. The molecule has 1 aromatic heterocycles. The highest BCUT2D eigenvalue weighted by Gasteiger charge is 2.34.